The van der Waals surface area contributed by atoms with Crippen molar-refractivity contribution in [3.8, 4) is 5.75 Å². The minimum absolute atomic E-state index is 0.0426. The van der Waals surface area contributed by atoms with E-state index in [1.54, 1.807) is 42.6 Å². The van der Waals surface area contributed by atoms with Crippen LogP contribution in [0.2, 0.25) is 0 Å². The molecule has 0 radical (unpaired) electrons. The first-order valence-corrected chi connectivity index (χ1v) is 7.87. The number of hydrogen-bond acceptors (Lipinski definition) is 5. The van der Waals surface area contributed by atoms with Crippen LogP contribution in [0.5, 0.6) is 5.75 Å². The fourth-order valence-electron chi connectivity index (χ4n) is 2.09. The molecular weight excluding hydrogens is 310 g/mol. The number of rotatable bonds is 4. The molecule has 6 heteroatoms. The zero-order chi connectivity index (χ0) is 16.2. The van der Waals surface area contributed by atoms with Gasteiger partial charge in [-0.15, -0.1) is 11.3 Å². The third-order valence-corrected chi connectivity index (χ3v) is 3.90. The summed E-state index contributed by atoms with van der Waals surface area (Å²) in [4.78, 5) is 16.5. The molecule has 3 N–H and O–H groups in total. The minimum atomic E-state index is -0.284. The van der Waals surface area contributed by atoms with Crippen LogP contribution in [0.4, 0.5) is 16.5 Å². The van der Waals surface area contributed by atoms with Crippen molar-refractivity contribution in [1.29, 1.82) is 0 Å². The Bertz CT molecular complexity index is 832. The first kappa shape index (κ1) is 15.1. The summed E-state index contributed by atoms with van der Waals surface area (Å²) >= 11 is 1.48. The molecule has 0 saturated carbocycles. The highest BCUT2D eigenvalue weighted by molar-refractivity contribution is 7.13. The minimum Gasteiger partial charge on any atom is -0.506 e. The number of thiazole rings is 1. The standard InChI is InChI=1S/C17H15N3O2S/c1-11-5-6-15(21)14(9-11)20-16(22)12-3-2-4-13(10-12)19-17-18-7-8-23-17/h2-10,21H,1H3,(H,18,19)(H,20,22). The molecule has 0 aliphatic carbocycles. The van der Waals surface area contributed by atoms with E-state index in [-0.39, 0.29) is 11.7 Å². The molecule has 1 aromatic heterocycles. The lowest BCUT2D eigenvalue weighted by Crippen LogP contribution is -2.12. The van der Waals surface area contributed by atoms with Crippen LogP contribution < -0.4 is 10.6 Å². The number of amides is 1. The lowest BCUT2D eigenvalue weighted by Gasteiger charge is -2.09. The molecule has 0 bridgehead atoms. The molecule has 0 unspecified atom stereocenters. The van der Waals surface area contributed by atoms with Crippen molar-refractivity contribution >= 4 is 33.8 Å². The summed E-state index contributed by atoms with van der Waals surface area (Å²) in [7, 11) is 0. The van der Waals surface area contributed by atoms with Crippen LogP contribution in [-0.2, 0) is 0 Å². The van der Waals surface area contributed by atoms with Gasteiger partial charge in [0.25, 0.3) is 5.91 Å². The summed E-state index contributed by atoms with van der Waals surface area (Å²) in [6, 6.07) is 12.2. The Morgan fingerprint density at radius 1 is 1.22 bits per heavy atom. The topological polar surface area (TPSA) is 74.2 Å². The smallest absolute Gasteiger partial charge is 0.255 e. The van der Waals surface area contributed by atoms with Crippen LogP contribution >= 0.6 is 11.3 Å². The maximum atomic E-state index is 12.4. The average molecular weight is 325 g/mol. The number of hydrogen-bond donors (Lipinski definition) is 3. The number of carbonyl (C=O) groups excluding carboxylic acids is 1. The summed E-state index contributed by atoms with van der Waals surface area (Å²) in [6.45, 7) is 1.90. The highest BCUT2D eigenvalue weighted by Gasteiger charge is 2.10. The van der Waals surface area contributed by atoms with Crippen molar-refractivity contribution in [3.63, 3.8) is 0 Å². The molecule has 0 spiro atoms. The maximum Gasteiger partial charge on any atom is 0.255 e. The number of nitrogens with zero attached hydrogens (tertiary/aromatic N) is 1. The van der Waals surface area contributed by atoms with Gasteiger partial charge in [-0.3, -0.25) is 4.79 Å². The number of benzene rings is 2. The van der Waals surface area contributed by atoms with Gasteiger partial charge in [0.1, 0.15) is 5.75 Å². The van der Waals surface area contributed by atoms with Crippen molar-refractivity contribution in [3.05, 3.63) is 65.2 Å². The SMILES string of the molecule is Cc1ccc(O)c(NC(=O)c2cccc(Nc3nccs3)c2)c1. The predicted octanol–water partition coefficient (Wildman–Crippen LogP) is 4.15. The van der Waals surface area contributed by atoms with Gasteiger partial charge in [0.05, 0.1) is 5.69 Å². The van der Waals surface area contributed by atoms with Gasteiger partial charge in [-0.25, -0.2) is 4.98 Å². The van der Waals surface area contributed by atoms with E-state index >= 15 is 0 Å². The van der Waals surface area contributed by atoms with E-state index in [1.807, 2.05) is 18.4 Å². The largest absolute Gasteiger partial charge is 0.506 e. The molecule has 0 aliphatic rings. The van der Waals surface area contributed by atoms with E-state index in [4.69, 9.17) is 0 Å². The molecule has 0 aliphatic heterocycles. The van der Waals surface area contributed by atoms with Crippen LogP contribution in [0.3, 0.4) is 0 Å². The molecule has 23 heavy (non-hydrogen) atoms. The van der Waals surface area contributed by atoms with E-state index in [0.717, 1.165) is 16.4 Å². The molecule has 0 atom stereocenters. The second kappa shape index (κ2) is 6.50. The van der Waals surface area contributed by atoms with Crippen molar-refractivity contribution in [1.82, 2.24) is 4.98 Å². The van der Waals surface area contributed by atoms with Crippen molar-refractivity contribution < 1.29 is 9.90 Å². The van der Waals surface area contributed by atoms with E-state index in [2.05, 4.69) is 15.6 Å². The summed E-state index contributed by atoms with van der Waals surface area (Å²) in [5, 5.41) is 18.3. The molecule has 3 aromatic rings. The lowest BCUT2D eigenvalue weighted by atomic mass is 10.1. The Balaban J connectivity index is 1.78. The number of nitrogens with one attached hydrogen (secondary N) is 2. The monoisotopic (exact) mass is 325 g/mol. The first-order valence-electron chi connectivity index (χ1n) is 6.99. The van der Waals surface area contributed by atoms with Gasteiger partial charge < -0.3 is 15.7 Å². The highest BCUT2D eigenvalue weighted by Crippen LogP contribution is 2.25. The molecule has 0 fully saturated rings. The number of phenols is 1. The summed E-state index contributed by atoms with van der Waals surface area (Å²) in [5.74, 6) is -0.241. The molecule has 2 aromatic carbocycles. The normalized spacial score (nSPS) is 10.3. The van der Waals surface area contributed by atoms with Gasteiger partial charge in [0, 0.05) is 22.8 Å². The first-order chi connectivity index (χ1) is 11.1. The van der Waals surface area contributed by atoms with E-state index in [9.17, 15) is 9.90 Å². The lowest BCUT2D eigenvalue weighted by molar-refractivity contribution is 0.102. The quantitative estimate of drug-likeness (QED) is 0.630. The van der Waals surface area contributed by atoms with E-state index < -0.39 is 0 Å². The van der Waals surface area contributed by atoms with E-state index in [1.165, 1.54) is 11.3 Å². The highest BCUT2D eigenvalue weighted by atomic mass is 32.1. The number of phenolic OH excluding ortho intramolecular Hbond substituents is 1. The Morgan fingerprint density at radius 2 is 2.09 bits per heavy atom. The molecule has 1 heterocycles. The average Bonchev–Trinajstić information content (AvgIpc) is 3.04. The van der Waals surface area contributed by atoms with Gasteiger partial charge in [0.2, 0.25) is 0 Å². The third kappa shape index (κ3) is 3.67. The second-order valence-corrected chi connectivity index (χ2v) is 5.91. The Morgan fingerprint density at radius 3 is 2.87 bits per heavy atom. The summed E-state index contributed by atoms with van der Waals surface area (Å²) < 4.78 is 0. The third-order valence-electron chi connectivity index (χ3n) is 3.21. The predicted molar refractivity (Wildman–Crippen MR) is 92.6 cm³/mol. The van der Waals surface area contributed by atoms with Gasteiger partial charge >= 0.3 is 0 Å². The number of aromatic nitrogens is 1. The molecule has 1 amide bonds. The van der Waals surface area contributed by atoms with Crippen molar-refractivity contribution in [2.75, 3.05) is 10.6 Å². The Kier molecular flexibility index (Phi) is 4.25. The second-order valence-electron chi connectivity index (χ2n) is 5.02. The van der Waals surface area contributed by atoms with Gasteiger partial charge in [0.15, 0.2) is 5.13 Å². The molecule has 116 valence electrons. The van der Waals surface area contributed by atoms with Gasteiger partial charge in [-0.1, -0.05) is 12.1 Å². The Hall–Kier alpha value is -2.86. The zero-order valence-corrected chi connectivity index (χ0v) is 13.2. The molecular formula is C17H15N3O2S. The number of aryl methyl sites for hydroxylation is 1. The van der Waals surface area contributed by atoms with Crippen LogP contribution in [-0.4, -0.2) is 16.0 Å². The number of carbonyl (C=O) groups is 1. The fourth-order valence-corrected chi connectivity index (χ4v) is 2.64. The van der Waals surface area contributed by atoms with Crippen LogP contribution in [0.1, 0.15) is 15.9 Å². The van der Waals surface area contributed by atoms with Crippen LogP contribution in [0.25, 0.3) is 0 Å². The van der Waals surface area contributed by atoms with Crippen LogP contribution in [0, 0.1) is 6.92 Å². The van der Waals surface area contributed by atoms with Crippen molar-refractivity contribution in [2.24, 2.45) is 0 Å². The van der Waals surface area contributed by atoms with E-state index in [0.29, 0.717) is 11.3 Å². The maximum absolute atomic E-state index is 12.4. The van der Waals surface area contributed by atoms with Gasteiger partial charge in [-0.2, -0.15) is 0 Å². The van der Waals surface area contributed by atoms with Crippen molar-refractivity contribution in [2.45, 2.75) is 6.92 Å². The number of anilines is 3. The Labute approximate surface area is 137 Å². The van der Waals surface area contributed by atoms with Crippen LogP contribution in [0.15, 0.2) is 54.0 Å². The molecule has 5 nitrogen and oxygen atoms in total. The molecule has 3 rings (SSSR count). The van der Waals surface area contributed by atoms with Gasteiger partial charge in [-0.05, 0) is 42.8 Å². The zero-order valence-electron chi connectivity index (χ0n) is 12.4. The fraction of sp³-hybridized carbons (Fsp3) is 0.0588. The summed E-state index contributed by atoms with van der Waals surface area (Å²) in [5.41, 5.74) is 2.62. The molecule has 0 saturated heterocycles. The number of aromatic hydroxyl groups is 1. The summed E-state index contributed by atoms with van der Waals surface area (Å²) in [6.07, 6.45) is 1.71.